The van der Waals surface area contributed by atoms with Crippen LogP contribution in [-0.4, -0.2) is 34.9 Å². The van der Waals surface area contributed by atoms with Crippen molar-refractivity contribution in [2.75, 3.05) is 19.5 Å². The summed E-state index contributed by atoms with van der Waals surface area (Å²) in [5.74, 6) is 1.13. The maximum atomic E-state index is 12.8. The third-order valence-corrected chi connectivity index (χ3v) is 5.93. The number of carbonyl (C=O) groups excluding carboxylic acids is 1. The molecule has 1 aromatic carbocycles. The van der Waals surface area contributed by atoms with Gasteiger partial charge in [0.15, 0.2) is 5.13 Å². The highest BCUT2D eigenvalue weighted by molar-refractivity contribution is 7.15. The molecule has 146 valence electrons. The van der Waals surface area contributed by atoms with Crippen LogP contribution in [0.3, 0.4) is 0 Å². The highest BCUT2D eigenvalue weighted by Crippen LogP contribution is 2.33. The smallest absolute Gasteiger partial charge is 0.275 e. The van der Waals surface area contributed by atoms with Crippen molar-refractivity contribution in [3.05, 3.63) is 40.5 Å². The van der Waals surface area contributed by atoms with Gasteiger partial charge in [0.2, 0.25) is 0 Å². The van der Waals surface area contributed by atoms with Crippen molar-refractivity contribution >= 4 is 22.4 Å². The first-order valence-electron chi connectivity index (χ1n) is 9.15. The largest absolute Gasteiger partial charge is 0.497 e. The zero-order valence-corrected chi connectivity index (χ0v) is 16.9. The van der Waals surface area contributed by atoms with E-state index in [1.54, 1.807) is 43.4 Å². The Kier molecular flexibility index (Phi) is 5.04. The molecule has 1 aliphatic rings. The fraction of sp³-hybridized carbons (Fsp3) is 0.350. The second-order valence-electron chi connectivity index (χ2n) is 6.65. The van der Waals surface area contributed by atoms with Crippen LogP contribution in [0.2, 0.25) is 0 Å². The normalized spacial score (nSPS) is 13.1. The summed E-state index contributed by atoms with van der Waals surface area (Å²) in [6.07, 6.45) is 4.40. The molecule has 0 fully saturated rings. The molecule has 8 heteroatoms. The first kappa shape index (κ1) is 18.5. The number of nitrogens with one attached hydrogen (secondary N) is 1. The van der Waals surface area contributed by atoms with Crippen molar-refractivity contribution in [3.63, 3.8) is 0 Å². The fourth-order valence-corrected chi connectivity index (χ4v) is 4.44. The standard InChI is InChI=1S/C20H22N4O3S/c1-24-16(19(25)22-20-21-14-6-4-5-7-18(14)28-20)11-15(23-24)13-10-12(26-2)8-9-17(13)27-3/h8-11H,4-7H2,1-3H3,(H,21,22,25). The molecule has 4 rings (SSSR count). The molecule has 28 heavy (non-hydrogen) atoms. The number of aryl methyl sites for hydroxylation is 3. The number of hydrogen-bond acceptors (Lipinski definition) is 6. The van der Waals surface area contributed by atoms with E-state index in [-0.39, 0.29) is 5.91 Å². The van der Waals surface area contributed by atoms with Gasteiger partial charge in [0.1, 0.15) is 17.2 Å². The molecule has 3 aromatic rings. The van der Waals surface area contributed by atoms with Crippen molar-refractivity contribution in [3.8, 4) is 22.8 Å². The molecule has 0 saturated heterocycles. The Morgan fingerprint density at radius 2 is 2.00 bits per heavy atom. The number of ether oxygens (including phenoxy) is 2. The Morgan fingerprint density at radius 3 is 2.75 bits per heavy atom. The monoisotopic (exact) mass is 398 g/mol. The van der Waals surface area contributed by atoms with Gasteiger partial charge in [-0.15, -0.1) is 11.3 Å². The lowest BCUT2D eigenvalue weighted by Gasteiger charge is -2.08. The molecule has 0 saturated carbocycles. The minimum Gasteiger partial charge on any atom is -0.497 e. The predicted molar refractivity (Wildman–Crippen MR) is 108 cm³/mol. The number of amides is 1. The molecular formula is C20H22N4O3S. The first-order chi connectivity index (χ1) is 13.6. The van der Waals surface area contributed by atoms with Gasteiger partial charge < -0.3 is 9.47 Å². The summed E-state index contributed by atoms with van der Waals surface area (Å²) in [4.78, 5) is 18.7. The number of methoxy groups -OCH3 is 2. The summed E-state index contributed by atoms with van der Waals surface area (Å²) in [6, 6.07) is 7.24. The van der Waals surface area contributed by atoms with Gasteiger partial charge in [-0.2, -0.15) is 5.10 Å². The Bertz CT molecular complexity index is 1000. The maximum Gasteiger partial charge on any atom is 0.275 e. The molecule has 0 unspecified atom stereocenters. The van der Waals surface area contributed by atoms with Gasteiger partial charge in [-0.3, -0.25) is 14.8 Å². The average molecular weight is 398 g/mol. The molecule has 2 heterocycles. The number of anilines is 1. The van der Waals surface area contributed by atoms with Gasteiger partial charge in [0.25, 0.3) is 5.91 Å². The third-order valence-electron chi connectivity index (χ3n) is 4.86. The van der Waals surface area contributed by atoms with Crippen LogP contribution in [0.25, 0.3) is 11.3 Å². The van der Waals surface area contributed by atoms with Crippen molar-refractivity contribution in [2.45, 2.75) is 25.7 Å². The van der Waals surface area contributed by atoms with Crippen LogP contribution < -0.4 is 14.8 Å². The highest BCUT2D eigenvalue weighted by atomic mass is 32.1. The average Bonchev–Trinajstić information content (AvgIpc) is 3.30. The Morgan fingerprint density at radius 1 is 1.18 bits per heavy atom. The van der Waals surface area contributed by atoms with Gasteiger partial charge in [0.05, 0.1) is 25.6 Å². The van der Waals surface area contributed by atoms with E-state index >= 15 is 0 Å². The van der Waals surface area contributed by atoms with E-state index in [1.165, 1.54) is 11.3 Å². The van der Waals surface area contributed by atoms with E-state index in [4.69, 9.17) is 9.47 Å². The number of aromatic nitrogens is 3. The second-order valence-corrected chi connectivity index (χ2v) is 7.74. The highest BCUT2D eigenvalue weighted by Gasteiger charge is 2.20. The van der Waals surface area contributed by atoms with Crippen molar-refractivity contribution < 1.29 is 14.3 Å². The van der Waals surface area contributed by atoms with Crippen LogP contribution >= 0.6 is 11.3 Å². The van der Waals surface area contributed by atoms with E-state index in [0.29, 0.717) is 28.0 Å². The molecule has 0 radical (unpaired) electrons. The number of thiazole rings is 1. The lowest BCUT2D eigenvalue weighted by molar-refractivity contribution is 0.101. The first-order valence-corrected chi connectivity index (χ1v) is 9.97. The molecule has 0 spiro atoms. The van der Waals surface area contributed by atoms with E-state index in [9.17, 15) is 4.79 Å². The number of rotatable bonds is 5. The van der Waals surface area contributed by atoms with Gasteiger partial charge >= 0.3 is 0 Å². The van der Waals surface area contributed by atoms with Crippen molar-refractivity contribution in [2.24, 2.45) is 7.05 Å². The summed E-state index contributed by atoms with van der Waals surface area (Å²) in [5, 5.41) is 8.07. The molecule has 1 amide bonds. The number of hydrogen-bond donors (Lipinski definition) is 1. The molecule has 0 atom stereocenters. The van der Waals surface area contributed by atoms with Crippen LogP contribution in [0.4, 0.5) is 5.13 Å². The zero-order chi connectivity index (χ0) is 19.7. The predicted octanol–water partition coefficient (Wildman–Crippen LogP) is 3.69. The van der Waals surface area contributed by atoms with Crippen molar-refractivity contribution in [1.29, 1.82) is 0 Å². The quantitative estimate of drug-likeness (QED) is 0.709. The fourth-order valence-electron chi connectivity index (χ4n) is 3.39. The van der Waals surface area contributed by atoms with Crippen LogP contribution in [0, 0.1) is 0 Å². The molecular weight excluding hydrogens is 376 g/mol. The molecule has 7 nitrogen and oxygen atoms in total. The zero-order valence-electron chi connectivity index (χ0n) is 16.1. The number of nitrogens with zero attached hydrogens (tertiary/aromatic N) is 3. The lowest BCUT2D eigenvalue weighted by Crippen LogP contribution is -2.15. The van der Waals surface area contributed by atoms with Crippen molar-refractivity contribution in [1.82, 2.24) is 14.8 Å². The second kappa shape index (κ2) is 7.63. The maximum absolute atomic E-state index is 12.8. The molecule has 2 aromatic heterocycles. The summed E-state index contributed by atoms with van der Waals surface area (Å²) < 4.78 is 12.3. The Balaban J connectivity index is 1.61. The van der Waals surface area contributed by atoms with Gasteiger partial charge in [-0.1, -0.05) is 0 Å². The summed E-state index contributed by atoms with van der Waals surface area (Å²) >= 11 is 1.57. The van der Waals surface area contributed by atoms with Crippen LogP contribution in [0.5, 0.6) is 11.5 Å². The number of fused-ring (bicyclic) bond motifs is 1. The van der Waals surface area contributed by atoms with Gasteiger partial charge in [-0.05, 0) is 49.9 Å². The van der Waals surface area contributed by atoms with Crippen LogP contribution in [0.15, 0.2) is 24.3 Å². The Hall–Kier alpha value is -2.87. The van der Waals surface area contributed by atoms with E-state index in [0.717, 1.165) is 30.5 Å². The topological polar surface area (TPSA) is 78.3 Å². The van der Waals surface area contributed by atoms with Crippen LogP contribution in [0.1, 0.15) is 33.9 Å². The minimum absolute atomic E-state index is 0.228. The minimum atomic E-state index is -0.228. The third kappa shape index (κ3) is 3.47. The summed E-state index contributed by atoms with van der Waals surface area (Å²) in [5.41, 5.74) is 2.98. The molecule has 0 bridgehead atoms. The van der Waals surface area contributed by atoms with E-state index < -0.39 is 0 Å². The number of benzene rings is 1. The summed E-state index contributed by atoms with van der Waals surface area (Å²) in [7, 11) is 4.96. The molecule has 1 aliphatic carbocycles. The number of carbonyl (C=O) groups is 1. The van der Waals surface area contributed by atoms with Crippen LogP contribution in [-0.2, 0) is 19.9 Å². The van der Waals surface area contributed by atoms with Gasteiger partial charge in [-0.25, -0.2) is 4.98 Å². The molecule has 0 aliphatic heterocycles. The lowest BCUT2D eigenvalue weighted by atomic mass is 10.0. The SMILES string of the molecule is COc1ccc(OC)c(-c2cc(C(=O)Nc3nc4c(s3)CCCC4)n(C)n2)c1. The Labute approximate surface area is 167 Å². The van der Waals surface area contributed by atoms with E-state index in [2.05, 4.69) is 15.4 Å². The van der Waals surface area contributed by atoms with Gasteiger partial charge in [0, 0.05) is 17.5 Å². The molecule has 1 N–H and O–H groups in total. The van der Waals surface area contributed by atoms with E-state index in [1.807, 2.05) is 18.2 Å². The summed E-state index contributed by atoms with van der Waals surface area (Å²) in [6.45, 7) is 0.